The maximum Gasteiger partial charge on any atom is 0.387 e. The summed E-state index contributed by atoms with van der Waals surface area (Å²) < 4.78 is 33.5. The number of nitrogens with one attached hydrogen (secondary N) is 1. The van der Waals surface area contributed by atoms with Gasteiger partial charge in [0.15, 0.2) is 6.61 Å². The molecule has 1 aromatic heterocycles. The molecule has 0 saturated carbocycles. The second kappa shape index (κ2) is 8.59. The first-order valence-electron chi connectivity index (χ1n) is 8.58. The van der Waals surface area contributed by atoms with Crippen molar-refractivity contribution in [3.8, 4) is 5.75 Å². The summed E-state index contributed by atoms with van der Waals surface area (Å²) in [6.45, 7) is 0.236. The van der Waals surface area contributed by atoms with Gasteiger partial charge in [-0.1, -0.05) is 0 Å². The number of nitrogens with zero attached hydrogens (tertiary/aromatic N) is 2. The van der Waals surface area contributed by atoms with Crippen LogP contribution in [0.25, 0.3) is 11.0 Å². The van der Waals surface area contributed by atoms with Gasteiger partial charge in [0.05, 0.1) is 28.0 Å². The second-order valence-electron chi connectivity index (χ2n) is 6.13. The zero-order valence-corrected chi connectivity index (χ0v) is 15.6. The van der Waals surface area contributed by atoms with E-state index < -0.39 is 25.1 Å². The van der Waals surface area contributed by atoms with Crippen LogP contribution < -0.4 is 10.1 Å². The molecule has 0 atom stereocenters. The molecule has 0 spiro atoms. The van der Waals surface area contributed by atoms with Gasteiger partial charge < -0.3 is 14.8 Å². The highest BCUT2D eigenvalue weighted by Gasteiger charge is 2.13. The number of hydrogen-bond acceptors (Lipinski definition) is 6. The first kappa shape index (κ1) is 20.1. The number of halogens is 2. The van der Waals surface area contributed by atoms with Crippen molar-refractivity contribution in [3.63, 3.8) is 0 Å². The molecule has 0 aliphatic rings. The van der Waals surface area contributed by atoms with E-state index in [2.05, 4.69) is 20.0 Å². The van der Waals surface area contributed by atoms with Crippen molar-refractivity contribution in [2.75, 3.05) is 11.9 Å². The van der Waals surface area contributed by atoms with E-state index in [4.69, 9.17) is 4.74 Å². The summed E-state index contributed by atoms with van der Waals surface area (Å²) in [5.41, 5.74) is 3.36. The molecule has 0 aliphatic carbocycles. The van der Waals surface area contributed by atoms with Crippen LogP contribution in [0, 0.1) is 13.8 Å². The van der Waals surface area contributed by atoms with Crippen molar-refractivity contribution < 1.29 is 27.8 Å². The lowest BCUT2D eigenvalue weighted by Gasteiger charge is -2.09. The summed E-state index contributed by atoms with van der Waals surface area (Å²) >= 11 is 0. The summed E-state index contributed by atoms with van der Waals surface area (Å²) in [6, 6.07) is 10.1. The number of aromatic nitrogens is 2. The smallest absolute Gasteiger partial charge is 0.387 e. The van der Waals surface area contributed by atoms with Gasteiger partial charge in [-0.15, -0.1) is 0 Å². The standard InChI is InChI=1S/C20H17F2N3O4/c1-11-12(2)24-17-9-13(3-8-16(17)23-11)19(27)28-10-18(26)25-14-4-6-15(7-5-14)29-20(21)22/h3-9,20H,10H2,1-2H3,(H,25,26). The van der Waals surface area contributed by atoms with Gasteiger partial charge in [0.25, 0.3) is 5.91 Å². The Kier molecular flexibility index (Phi) is 5.96. The third-order valence-electron chi connectivity index (χ3n) is 4.01. The van der Waals surface area contributed by atoms with E-state index in [1.807, 2.05) is 13.8 Å². The molecule has 150 valence electrons. The monoisotopic (exact) mass is 401 g/mol. The Morgan fingerprint density at radius 2 is 1.66 bits per heavy atom. The van der Waals surface area contributed by atoms with Gasteiger partial charge in [-0.2, -0.15) is 8.78 Å². The van der Waals surface area contributed by atoms with Gasteiger partial charge in [0.1, 0.15) is 5.75 Å². The van der Waals surface area contributed by atoms with Crippen molar-refractivity contribution in [2.24, 2.45) is 0 Å². The van der Waals surface area contributed by atoms with Crippen molar-refractivity contribution in [1.29, 1.82) is 0 Å². The number of carbonyl (C=O) groups excluding carboxylic acids is 2. The van der Waals surface area contributed by atoms with Crippen LogP contribution in [0.5, 0.6) is 5.75 Å². The molecule has 3 aromatic rings. The van der Waals surface area contributed by atoms with Crippen LogP contribution in [-0.4, -0.2) is 35.1 Å². The maximum atomic E-state index is 12.2. The lowest BCUT2D eigenvalue weighted by atomic mass is 10.2. The number of amides is 1. The molecule has 0 unspecified atom stereocenters. The summed E-state index contributed by atoms with van der Waals surface area (Å²) in [4.78, 5) is 32.9. The molecule has 9 heteroatoms. The molecule has 0 aliphatic heterocycles. The highest BCUT2D eigenvalue weighted by atomic mass is 19.3. The zero-order valence-electron chi connectivity index (χ0n) is 15.6. The maximum absolute atomic E-state index is 12.2. The van der Waals surface area contributed by atoms with E-state index in [-0.39, 0.29) is 11.3 Å². The molecule has 0 bridgehead atoms. The van der Waals surface area contributed by atoms with Gasteiger partial charge in [0.2, 0.25) is 0 Å². The summed E-state index contributed by atoms with van der Waals surface area (Å²) in [5.74, 6) is -1.29. The average Bonchev–Trinajstić information content (AvgIpc) is 2.68. The van der Waals surface area contributed by atoms with Crippen molar-refractivity contribution in [1.82, 2.24) is 9.97 Å². The fourth-order valence-electron chi connectivity index (χ4n) is 2.49. The molecule has 1 amide bonds. The van der Waals surface area contributed by atoms with E-state index in [9.17, 15) is 18.4 Å². The number of fused-ring (bicyclic) bond motifs is 1. The van der Waals surface area contributed by atoms with Gasteiger partial charge in [-0.3, -0.25) is 4.79 Å². The molecule has 1 heterocycles. The fraction of sp³-hybridized carbons (Fsp3) is 0.200. The molecule has 1 N–H and O–H groups in total. The minimum atomic E-state index is -2.93. The predicted octanol–water partition coefficient (Wildman–Crippen LogP) is 3.64. The summed E-state index contributed by atoms with van der Waals surface area (Å²) in [6.07, 6.45) is 0. The number of hydrogen-bond donors (Lipinski definition) is 1. The largest absolute Gasteiger partial charge is 0.452 e. The summed E-state index contributed by atoms with van der Waals surface area (Å²) in [5, 5.41) is 2.49. The van der Waals surface area contributed by atoms with E-state index in [0.29, 0.717) is 16.7 Å². The molecular weight excluding hydrogens is 384 g/mol. The molecule has 0 saturated heterocycles. The molecule has 2 aromatic carbocycles. The molecule has 3 rings (SSSR count). The SMILES string of the molecule is Cc1nc2ccc(C(=O)OCC(=O)Nc3ccc(OC(F)F)cc3)cc2nc1C. The Hall–Kier alpha value is -3.62. The number of esters is 1. The first-order valence-corrected chi connectivity index (χ1v) is 8.58. The third-order valence-corrected chi connectivity index (χ3v) is 4.01. The normalized spacial score (nSPS) is 10.8. The van der Waals surface area contributed by atoms with E-state index in [1.165, 1.54) is 24.3 Å². The topological polar surface area (TPSA) is 90.4 Å². The fourth-order valence-corrected chi connectivity index (χ4v) is 2.49. The van der Waals surface area contributed by atoms with Gasteiger partial charge in [0, 0.05) is 5.69 Å². The highest BCUT2D eigenvalue weighted by Crippen LogP contribution is 2.18. The van der Waals surface area contributed by atoms with Crippen LogP contribution in [-0.2, 0) is 9.53 Å². The Balaban J connectivity index is 1.58. The van der Waals surface area contributed by atoms with Crippen molar-refractivity contribution in [3.05, 3.63) is 59.4 Å². The van der Waals surface area contributed by atoms with Crippen molar-refractivity contribution in [2.45, 2.75) is 20.5 Å². The lowest BCUT2D eigenvalue weighted by Crippen LogP contribution is -2.21. The highest BCUT2D eigenvalue weighted by molar-refractivity contribution is 5.97. The van der Waals surface area contributed by atoms with Gasteiger partial charge in [-0.05, 0) is 56.3 Å². The quantitative estimate of drug-likeness (QED) is 0.634. The molecule has 7 nitrogen and oxygen atoms in total. The zero-order chi connectivity index (χ0) is 21.0. The number of benzene rings is 2. The van der Waals surface area contributed by atoms with Crippen molar-refractivity contribution >= 4 is 28.6 Å². The Morgan fingerprint density at radius 3 is 2.31 bits per heavy atom. The number of rotatable bonds is 6. The minimum Gasteiger partial charge on any atom is -0.452 e. The average molecular weight is 401 g/mol. The third kappa shape index (κ3) is 5.22. The first-order chi connectivity index (χ1) is 13.8. The van der Waals surface area contributed by atoms with Crippen LogP contribution in [0.3, 0.4) is 0 Å². The predicted molar refractivity (Wildman–Crippen MR) is 101 cm³/mol. The molecule has 29 heavy (non-hydrogen) atoms. The molecular formula is C20H17F2N3O4. The van der Waals surface area contributed by atoms with Crippen LogP contribution in [0.15, 0.2) is 42.5 Å². The number of anilines is 1. The summed E-state index contributed by atoms with van der Waals surface area (Å²) in [7, 11) is 0. The van der Waals surface area contributed by atoms with Crippen LogP contribution in [0.2, 0.25) is 0 Å². The Morgan fingerprint density at radius 1 is 1.00 bits per heavy atom. The number of alkyl halides is 2. The Labute approximate surface area is 164 Å². The lowest BCUT2D eigenvalue weighted by molar-refractivity contribution is -0.119. The molecule has 0 fully saturated rings. The van der Waals surface area contributed by atoms with E-state index in [1.54, 1.807) is 18.2 Å². The molecule has 0 radical (unpaired) electrons. The number of carbonyl (C=O) groups is 2. The van der Waals surface area contributed by atoms with Gasteiger partial charge in [-0.25, -0.2) is 14.8 Å². The number of ether oxygens (including phenoxy) is 2. The van der Waals surface area contributed by atoms with Crippen LogP contribution in [0.4, 0.5) is 14.5 Å². The number of aryl methyl sites for hydroxylation is 2. The minimum absolute atomic E-state index is 0.0331. The van der Waals surface area contributed by atoms with Crippen LogP contribution in [0.1, 0.15) is 21.7 Å². The van der Waals surface area contributed by atoms with E-state index in [0.717, 1.165) is 11.4 Å². The van der Waals surface area contributed by atoms with Crippen LogP contribution >= 0.6 is 0 Å². The second-order valence-corrected chi connectivity index (χ2v) is 6.13. The van der Waals surface area contributed by atoms with Gasteiger partial charge >= 0.3 is 12.6 Å². The van der Waals surface area contributed by atoms with E-state index >= 15 is 0 Å². The Bertz CT molecular complexity index is 1060.